The predicted octanol–water partition coefficient (Wildman–Crippen LogP) is 2.94. The van der Waals surface area contributed by atoms with Crippen LogP contribution in [0.2, 0.25) is 0 Å². The van der Waals surface area contributed by atoms with E-state index in [0.717, 1.165) is 51.5 Å². The van der Waals surface area contributed by atoms with Crippen molar-refractivity contribution in [3.8, 4) is 0 Å². The number of morpholine rings is 1. The van der Waals surface area contributed by atoms with E-state index in [-0.39, 0.29) is 36.1 Å². The summed E-state index contributed by atoms with van der Waals surface area (Å²) in [6.45, 7) is 15.4. The molecule has 0 aromatic rings. The first kappa shape index (κ1) is 25.9. The summed E-state index contributed by atoms with van der Waals surface area (Å²) in [5, 5.41) is 0. The number of hydrogen-bond acceptors (Lipinski definition) is 4. The summed E-state index contributed by atoms with van der Waals surface area (Å²) in [6.07, 6.45) is 4.13. The molecule has 1 amide bonds. The molecule has 2 heterocycles. The van der Waals surface area contributed by atoms with Crippen molar-refractivity contribution in [1.82, 2.24) is 9.80 Å². The molecule has 2 aliphatic heterocycles. The fraction of sp³-hybridized carbons (Fsp3) is 0.947. The first-order valence-corrected chi connectivity index (χ1v) is 9.59. The summed E-state index contributed by atoms with van der Waals surface area (Å²) in [4.78, 5) is 17.0. The van der Waals surface area contributed by atoms with Gasteiger partial charge in [-0.3, -0.25) is 9.69 Å². The van der Waals surface area contributed by atoms with Crippen LogP contribution in [0.15, 0.2) is 0 Å². The lowest BCUT2D eigenvalue weighted by molar-refractivity contribution is -0.136. The number of halogens is 2. The van der Waals surface area contributed by atoms with Crippen LogP contribution in [0.1, 0.15) is 53.9 Å². The van der Waals surface area contributed by atoms with Crippen LogP contribution in [0.25, 0.3) is 0 Å². The van der Waals surface area contributed by atoms with Crippen molar-refractivity contribution in [2.24, 2.45) is 17.1 Å². The molecule has 2 rings (SSSR count). The summed E-state index contributed by atoms with van der Waals surface area (Å²) in [5.74, 6) is 0.852. The van der Waals surface area contributed by atoms with Gasteiger partial charge in [0, 0.05) is 26.2 Å². The van der Waals surface area contributed by atoms with Crippen molar-refractivity contribution >= 4 is 30.7 Å². The lowest BCUT2D eigenvalue weighted by Crippen LogP contribution is -2.52. The van der Waals surface area contributed by atoms with Gasteiger partial charge >= 0.3 is 0 Å². The zero-order chi connectivity index (χ0) is 17.9. The number of nitrogens with two attached hydrogens (primary N) is 1. The molecule has 0 saturated carbocycles. The number of carbonyl (C=O) groups is 1. The van der Waals surface area contributed by atoms with Crippen LogP contribution in [0.3, 0.4) is 0 Å². The number of likely N-dealkylation sites (tertiary alicyclic amines) is 1. The summed E-state index contributed by atoms with van der Waals surface area (Å²) >= 11 is 0. The van der Waals surface area contributed by atoms with Gasteiger partial charge in [0.05, 0.1) is 18.2 Å². The minimum absolute atomic E-state index is 0. The maximum Gasteiger partial charge on any atom is 0.240 e. The second-order valence-electron chi connectivity index (χ2n) is 8.92. The van der Waals surface area contributed by atoms with Gasteiger partial charge in [-0.2, -0.15) is 0 Å². The topological polar surface area (TPSA) is 58.8 Å². The largest absolute Gasteiger partial charge is 0.373 e. The molecule has 2 unspecified atom stereocenters. The molecule has 5 nitrogen and oxygen atoms in total. The molecule has 0 spiro atoms. The van der Waals surface area contributed by atoms with Crippen LogP contribution in [0, 0.1) is 11.3 Å². The summed E-state index contributed by atoms with van der Waals surface area (Å²) < 4.78 is 5.80. The van der Waals surface area contributed by atoms with E-state index in [0.29, 0.717) is 12.2 Å². The van der Waals surface area contributed by atoms with Gasteiger partial charge in [0.2, 0.25) is 5.91 Å². The molecular weight excluding hydrogens is 373 g/mol. The standard InChI is InChI=1S/C19H37N3O2.2ClH/c1-14-12-21(13-15(2)24-14)9-6-16-7-10-22(11-8-16)18(23)17(20)19(3,4)5;;/h14-17H,6-13,20H2,1-5H3;2*1H/t14?,15?,17-;;/m1../s1. The average molecular weight is 412 g/mol. The van der Waals surface area contributed by atoms with Crippen molar-refractivity contribution in [3.63, 3.8) is 0 Å². The SMILES string of the molecule is CC1CN(CCC2CCN(C(=O)[C@@H](N)C(C)(C)C)CC2)CC(C)O1.Cl.Cl. The number of rotatable bonds is 4. The number of piperidine rings is 1. The van der Waals surface area contributed by atoms with Crippen LogP contribution >= 0.6 is 24.8 Å². The summed E-state index contributed by atoms with van der Waals surface area (Å²) in [7, 11) is 0. The molecule has 0 aliphatic carbocycles. The van der Waals surface area contributed by atoms with E-state index < -0.39 is 6.04 Å². The van der Waals surface area contributed by atoms with E-state index in [1.165, 1.54) is 6.42 Å². The Morgan fingerprint density at radius 1 is 1.12 bits per heavy atom. The normalized spacial score (nSPS) is 26.6. The monoisotopic (exact) mass is 411 g/mol. The smallest absolute Gasteiger partial charge is 0.240 e. The van der Waals surface area contributed by atoms with E-state index >= 15 is 0 Å². The molecule has 7 heteroatoms. The Bertz CT molecular complexity index is 413. The van der Waals surface area contributed by atoms with Crippen LogP contribution in [-0.4, -0.2) is 66.7 Å². The van der Waals surface area contributed by atoms with Gasteiger partial charge in [-0.1, -0.05) is 20.8 Å². The Morgan fingerprint density at radius 2 is 1.62 bits per heavy atom. The molecular formula is C19H39Cl2N3O2. The third-order valence-corrected chi connectivity index (χ3v) is 5.47. The van der Waals surface area contributed by atoms with Gasteiger partial charge in [-0.05, 0) is 51.0 Å². The molecule has 2 saturated heterocycles. The first-order valence-electron chi connectivity index (χ1n) is 9.59. The molecule has 2 aliphatic rings. The first-order chi connectivity index (χ1) is 11.2. The zero-order valence-electron chi connectivity index (χ0n) is 17.1. The van der Waals surface area contributed by atoms with E-state index in [1.54, 1.807) is 0 Å². The van der Waals surface area contributed by atoms with E-state index in [9.17, 15) is 4.79 Å². The van der Waals surface area contributed by atoms with E-state index in [1.807, 2.05) is 25.7 Å². The fourth-order valence-electron chi connectivity index (χ4n) is 3.84. The van der Waals surface area contributed by atoms with Crippen LogP contribution in [0.4, 0.5) is 0 Å². The van der Waals surface area contributed by atoms with Crippen molar-refractivity contribution in [1.29, 1.82) is 0 Å². The van der Waals surface area contributed by atoms with Gasteiger partial charge in [-0.15, -0.1) is 24.8 Å². The van der Waals surface area contributed by atoms with E-state index in [2.05, 4.69) is 18.7 Å². The minimum atomic E-state index is -0.398. The highest BCUT2D eigenvalue weighted by atomic mass is 35.5. The van der Waals surface area contributed by atoms with Gasteiger partial charge in [0.15, 0.2) is 0 Å². The van der Waals surface area contributed by atoms with Crippen molar-refractivity contribution < 1.29 is 9.53 Å². The highest BCUT2D eigenvalue weighted by Crippen LogP contribution is 2.25. The zero-order valence-corrected chi connectivity index (χ0v) is 18.7. The number of amides is 1. The Labute approximate surface area is 172 Å². The minimum Gasteiger partial charge on any atom is -0.373 e. The molecule has 0 radical (unpaired) electrons. The number of ether oxygens (including phenoxy) is 1. The lowest BCUT2D eigenvalue weighted by Gasteiger charge is -2.38. The highest BCUT2D eigenvalue weighted by molar-refractivity contribution is 5.85. The Balaban J connectivity index is 0.00000312. The van der Waals surface area contributed by atoms with Crippen LogP contribution in [-0.2, 0) is 9.53 Å². The number of carbonyl (C=O) groups excluding carboxylic acids is 1. The quantitative estimate of drug-likeness (QED) is 0.772. The van der Waals surface area contributed by atoms with Crippen molar-refractivity contribution in [2.45, 2.75) is 72.1 Å². The molecule has 26 heavy (non-hydrogen) atoms. The molecule has 156 valence electrons. The Morgan fingerprint density at radius 3 is 2.08 bits per heavy atom. The number of hydrogen-bond donors (Lipinski definition) is 1. The van der Waals surface area contributed by atoms with Gasteiger partial charge in [-0.25, -0.2) is 0 Å². The van der Waals surface area contributed by atoms with Gasteiger partial charge in [0.1, 0.15) is 0 Å². The van der Waals surface area contributed by atoms with E-state index in [4.69, 9.17) is 10.5 Å². The van der Waals surface area contributed by atoms with Crippen molar-refractivity contribution in [3.05, 3.63) is 0 Å². The second kappa shape index (κ2) is 11.1. The Hall–Kier alpha value is -0.0700. The third-order valence-electron chi connectivity index (χ3n) is 5.47. The molecule has 0 bridgehead atoms. The van der Waals surface area contributed by atoms with Crippen LogP contribution < -0.4 is 5.73 Å². The second-order valence-corrected chi connectivity index (χ2v) is 8.92. The predicted molar refractivity (Wildman–Crippen MR) is 112 cm³/mol. The molecule has 2 N–H and O–H groups in total. The summed E-state index contributed by atoms with van der Waals surface area (Å²) in [6, 6.07) is -0.398. The highest BCUT2D eigenvalue weighted by Gasteiger charge is 2.33. The van der Waals surface area contributed by atoms with Crippen molar-refractivity contribution in [2.75, 3.05) is 32.7 Å². The maximum atomic E-state index is 12.5. The maximum absolute atomic E-state index is 12.5. The number of nitrogens with zero attached hydrogens (tertiary/aromatic N) is 2. The Kier molecular flexibility index (Phi) is 11.0. The molecule has 0 aromatic carbocycles. The van der Waals surface area contributed by atoms with Gasteiger partial charge < -0.3 is 15.4 Å². The van der Waals surface area contributed by atoms with Crippen LogP contribution in [0.5, 0.6) is 0 Å². The van der Waals surface area contributed by atoms with Gasteiger partial charge in [0.25, 0.3) is 0 Å². The third kappa shape index (κ3) is 7.51. The lowest BCUT2D eigenvalue weighted by atomic mass is 9.85. The fourth-order valence-corrected chi connectivity index (χ4v) is 3.84. The summed E-state index contributed by atoms with van der Waals surface area (Å²) in [5.41, 5.74) is 5.96. The molecule has 0 aromatic heterocycles. The molecule has 3 atom stereocenters. The molecule has 2 fully saturated rings. The average Bonchev–Trinajstić information content (AvgIpc) is 2.50.